The molecule has 21 heavy (non-hydrogen) atoms. The molecule has 1 N–H and O–H groups in total. The van der Waals surface area contributed by atoms with Crippen LogP contribution < -0.4 is 0 Å². The average Bonchev–Trinajstić information content (AvgIpc) is 2.74. The Hall–Kier alpha value is -0.0400. The maximum absolute atomic E-state index is 10.3. The Kier molecular flexibility index (Phi) is 3.27. The quantitative estimate of drug-likeness (QED) is 0.663. The maximum atomic E-state index is 10.3. The Morgan fingerprint density at radius 3 is 2.33 bits per heavy atom. The number of hydrogen-bond donors (Lipinski definition) is 1. The second-order valence-corrected chi connectivity index (χ2v) is 9.62. The van der Waals surface area contributed by atoms with Crippen LogP contribution in [0.3, 0.4) is 0 Å². The van der Waals surface area contributed by atoms with E-state index in [-0.39, 0.29) is 6.10 Å². The lowest BCUT2D eigenvalue weighted by molar-refractivity contribution is -0.129. The molecular weight excluding hydrogens is 256 g/mol. The number of rotatable bonds is 0. The van der Waals surface area contributed by atoms with Crippen LogP contribution in [-0.4, -0.2) is 11.2 Å². The smallest absolute Gasteiger partial charge is 0.0545 e. The van der Waals surface area contributed by atoms with Gasteiger partial charge in [0.25, 0.3) is 0 Å². The molecule has 4 fully saturated rings. The summed E-state index contributed by atoms with van der Waals surface area (Å²) < 4.78 is 0. The van der Waals surface area contributed by atoms with Crippen molar-refractivity contribution in [3.8, 4) is 0 Å². The van der Waals surface area contributed by atoms with Crippen LogP contribution in [0.25, 0.3) is 0 Å². The topological polar surface area (TPSA) is 20.2 Å². The van der Waals surface area contributed by atoms with Crippen molar-refractivity contribution in [2.75, 3.05) is 0 Å². The van der Waals surface area contributed by atoms with Crippen LogP contribution in [0.5, 0.6) is 0 Å². The van der Waals surface area contributed by atoms with E-state index >= 15 is 0 Å². The van der Waals surface area contributed by atoms with E-state index in [1.807, 2.05) is 0 Å². The molecule has 1 nitrogen and oxygen atoms in total. The van der Waals surface area contributed by atoms with E-state index < -0.39 is 0 Å². The van der Waals surface area contributed by atoms with Crippen molar-refractivity contribution >= 4 is 0 Å². The highest BCUT2D eigenvalue weighted by Gasteiger charge is 2.59. The van der Waals surface area contributed by atoms with Gasteiger partial charge in [-0.05, 0) is 98.2 Å². The van der Waals surface area contributed by atoms with Gasteiger partial charge >= 0.3 is 0 Å². The molecule has 0 aromatic carbocycles. The molecule has 4 rings (SSSR count). The van der Waals surface area contributed by atoms with Crippen molar-refractivity contribution in [2.24, 2.45) is 40.4 Å². The van der Waals surface area contributed by atoms with Crippen molar-refractivity contribution in [1.29, 1.82) is 0 Å². The van der Waals surface area contributed by atoms with Crippen LogP contribution in [-0.2, 0) is 0 Å². The van der Waals surface area contributed by atoms with Gasteiger partial charge in [0, 0.05) is 0 Å². The lowest BCUT2D eigenvalue weighted by Gasteiger charge is -2.61. The minimum Gasteiger partial charge on any atom is -0.393 e. The lowest BCUT2D eigenvalue weighted by atomic mass is 9.44. The fourth-order valence-corrected chi connectivity index (χ4v) is 7.59. The standard InChI is InChI=1S/C20H34O/c1-13-4-9-17-16-8-6-14-5-7-15(21)12-20(14,3)18(16)10-11-19(13,17)2/h13-18,21H,4-12H2,1-3H3. The van der Waals surface area contributed by atoms with Gasteiger partial charge in [-0.15, -0.1) is 0 Å². The van der Waals surface area contributed by atoms with Gasteiger partial charge in [0.1, 0.15) is 0 Å². The van der Waals surface area contributed by atoms with E-state index in [1.54, 1.807) is 0 Å². The summed E-state index contributed by atoms with van der Waals surface area (Å²) in [5, 5.41) is 10.3. The molecule has 0 heterocycles. The zero-order valence-corrected chi connectivity index (χ0v) is 14.3. The van der Waals surface area contributed by atoms with Crippen LogP contribution in [0.15, 0.2) is 0 Å². The highest BCUT2D eigenvalue weighted by molar-refractivity contribution is 5.08. The summed E-state index contributed by atoms with van der Waals surface area (Å²) in [6.07, 6.45) is 12.2. The predicted molar refractivity (Wildman–Crippen MR) is 86.9 cm³/mol. The molecular formula is C20H34O. The fourth-order valence-electron chi connectivity index (χ4n) is 7.59. The van der Waals surface area contributed by atoms with E-state index in [0.29, 0.717) is 10.8 Å². The van der Waals surface area contributed by atoms with E-state index in [1.165, 1.54) is 44.9 Å². The Bertz CT molecular complexity index is 418. The van der Waals surface area contributed by atoms with Crippen molar-refractivity contribution in [2.45, 2.75) is 84.7 Å². The molecule has 4 saturated carbocycles. The first-order valence-corrected chi connectivity index (χ1v) is 9.63. The SMILES string of the molecule is CC1CCC2C3CCC4CCC(O)CC4(C)C3CCC12C. The summed E-state index contributed by atoms with van der Waals surface area (Å²) in [6.45, 7) is 7.67. The molecule has 0 bridgehead atoms. The van der Waals surface area contributed by atoms with E-state index in [0.717, 1.165) is 42.4 Å². The molecule has 0 radical (unpaired) electrons. The van der Waals surface area contributed by atoms with Gasteiger partial charge in [0.2, 0.25) is 0 Å². The molecule has 0 aromatic rings. The Labute approximate surface area is 130 Å². The van der Waals surface area contributed by atoms with Crippen LogP contribution >= 0.6 is 0 Å². The average molecular weight is 290 g/mol. The lowest BCUT2D eigenvalue weighted by Crippen LogP contribution is -2.54. The summed E-state index contributed by atoms with van der Waals surface area (Å²) in [7, 11) is 0. The van der Waals surface area contributed by atoms with Gasteiger partial charge < -0.3 is 5.11 Å². The van der Waals surface area contributed by atoms with Crippen LogP contribution in [0, 0.1) is 40.4 Å². The summed E-state index contributed by atoms with van der Waals surface area (Å²) >= 11 is 0. The first-order valence-electron chi connectivity index (χ1n) is 9.63. The van der Waals surface area contributed by atoms with Gasteiger partial charge in [0.05, 0.1) is 6.10 Å². The van der Waals surface area contributed by atoms with Gasteiger partial charge in [-0.3, -0.25) is 0 Å². The van der Waals surface area contributed by atoms with E-state index in [4.69, 9.17) is 0 Å². The fraction of sp³-hybridized carbons (Fsp3) is 1.00. The van der Waals surface area contributed by atoms with Crippen LogP contribution in [0.4, 0.5) is 0 Å². The largest absolute Gasteiger partial charge is 0.393 e. The van der Waals surface area contributed by atoms with Crippen LogP contribution in [0.2, 0.25) is 0 Å². The minimum atomic E-state index is -0.0131. The third-order valence-corrected chi connectivity index (χ3v) is 9.06. The van der Waals surface area contributed by atoms with E-state index in [9.17, 15) is 5.11 Å². The number of aliphatic hydroxyl groups is 1. The van der Waals surface area contributed by atoms with Gasteiger partial charge in [-0.25, -0.2) is 0 Å². The van der Waals surface area contributed by atoms with Gasteiger partial charge in [0.15, 0.2) is 0 Å². The minimum absolute atomic E-state index is 0.0131. The normalized spacial score (nSPS) is 60.0. The summed E-state index contributed by atoms with van der Waals surface area (Å²) in [4.78, 5) is 0. The summed E-state index contributed by atoms with van der Waals surface area (Å²) in [5.41, 5.74) is 1.09. The molecule has 0 aromatic heterocycles. The predicted octanol–water partition coefficient (Wildman–Crippen LogP) is 5.03. The first-order chi connectivity index (χ1) is 9.95. The second kappa shape index (κ2) is 4.73. The van der Waals surface area contributed by atoms with Crippen LogP contribution in [0.1, 0.15) is 78.6 Å². The molecule has 0 spiro atoms. The van der Waals surface area contributed by atoms with Gasteiger partial charge in [-0.2, -0.15) is 0 Å². The number of hydrogen-bond acceptors (Lipinski definition) is 1. The Morgan fingerprint density at radius 2 is 1.52 bits per heavy atom. The third kappa shape index (κ3) is 1.92. The summed E-state index contributed by atoms with van der Waals surface area (Å²) in [5.74, 6) is 4.72. The van der Waals surface area contributed by atoms with Crippen molar-refractivity contribution in [3.63, 3.8) is 0 Å². The van der Waals surface area contributed by atoms with E-state index in [2.05, 4.69) is 20.8 Å². The van der Waals surface area contributed by atoms with Gasteiger partial charge in [-0.1, -0.05) is 20.8 Å². The van der Waals surface area contributed by atoms with Crippen molar-refractivity contribution in [1.82, 2.24) is 0 Å². The Balaban J connectivity index is 1.64. The molecule has 0 amide bonds. The molecule has 8 atom stereocenters. The highest BCUT2D eigenvalue weighted by Crippen LogP contribution is 2.67. The molecule has 0 aliphatic heterocycles. The third-order valence-electron chi connectivity index (χ3n) is 9.06. The second-order valence-electron chi connectivity index (χ2n) is 9.62. The molecule has 4 aliphatic rings. The van der Waals surface area contributed by atoms with Crippen molar-refractivity contribution < 1.29 is 5.11 Å². The molecule has 0 saturated heterocycles. The van der Waals surface area contributed by atoms with Crippen molar-refractivity contribution in [3.05, 3.63) is 0 Å². The molecule has 4 aliphatic carbocycles. The number of aliphatic hydroxyl groups excluding tert-OH is 1. The first kappa shape index (κ1) is 14.5. The number of fused-ring (bicyclic) bond motifs is 5. The highest BCUT2D eigenvalue weighted by atomic mass is 16.3. The summed E-state index contributed by atoms with van der Waals surface area (Å²) in [6, 6.07) is 0. The molecule has 8 unspecified atom stereocenters. The monoisotopic (exact) mass is 290 g/mol. The maximum Gasteiger partial charge on any atom is 0.0545 e. The Morgan fingerprint density at radius 1 is 0.810 bits per heavy atom. The zero-order valence-electron chi connectivity index (χ0n) is 14.3. The molecule has 1 heteroatoms. The molecule has 120 valence electrons. The zero-order chi connectivity index (χ0) is 14.8.